The van der Waals surface area contributed by atoms with E-state index >= 15 is 0 Å². The summed E-state index contributed by atoms with van der Waals surface area (Å²) in [6.07, 6.45) is 4.23. The van der Waals surface area contributed by atoms with Crippen LogP contribution >= 0.6 is 0 Å². The third-order valence-corrected chi connectivity index (χ3v) is 2.96. The minimum atomic E-state index is 0.757. The molecule has 1 fully saturated rings. The average Bonchev–Trinajstić information content (AvgIpc) is 2.05. The molecule has 0 aromatic rings. The predicted octanol–water partition coefficient (Wildman–Crippen LogP) is 2.52. The topological polar surface area (TPSA) is 3.24 Å². The molecule has 0 bridgehead atoms. The summed E-state index contributed by atoms with van der Waals surface area (Å²) in [6.45, 7) is 9.57. The Morgan fingerprint density at radius 1 is 1.27 bits per heavy atom. The van der Waals surface area contributed by atoms with E-state index in [0.29, 0.717) is 0 Å². The van der Waals surface area contributed by atoms with E-state index in [0.717, 1.165) is 12.0 Å². The Labute approximate surface area is 70.8 Å². The van der Waals surface area contributed by atoms with Gasteiger partial charge in [0.25, 0.3) is 0 Å². The number of hydrogen-bond donors (Lipinski definition) is 0. The second kappa shape index (κ2) is 4.10. The van der Waals surface area contributed by atoms with E-state index in [9.17, 15) is 0 Å². The minimum absolute atomic E-state index is 0.757. The highest BCUT2D eigenvalue weighted by Crippen LogP contribution is 2.20. The van der Waals surface area contributed by atoms with E-state index in [4.69, 9.17) is 0 Å². The number of hydrogen-bond acceptors (Lipinski definition) is 1. The lowest BCUT2D eigenvalue weighted by molar-refractivity contribution is 0.148. The zero-order chi connectivity index (χ0) is 8.27. The van der Waals surface area contributed by atoms with Gasteiger partial charge >= 0.3 is 0 Å². The first-order chi connectivity index (χ1) is 5.24. The van der Waals surface area contributed by atoms with Crippen molar-refractivity contribution in [3.63, 3.8) is 0 Å². The van der Waals surface area contributed by atoms with E-state index in [1.807, 2.05) is 0 Å². The van der Waals surface area contributed by atoms with Crippen LogP contribution in [0.25, 0.3) is 0 Å². The SMILES string of the molecule is CCC1CCN(C(C)C)CC1. The predicted molar refractivity (Wildman–Crippen MR) is 49.7 cm³/mol. The highest BCUT2D eigenvalue weighted by atomic mass is 15.1. The molecular weight excluding hydrogens is 134 g/mol. The van der Waals surface area contributed by atoms with Crippen LogP contribution in [0.3, 0.4) is 0 Å². The van der Waals surface area contributed by atoms with Crippen molar-refractivity contribution in [2.45, 2.75) is 46.1 Å². The van der Waals surface area contributed by atoms with Gasteiger partial charge in [0.2, 0.25) is 0 Å². The molecule has 0 N–H and O–H groups in total. The first kappa shape index (κ1) is 9.05. The van der Waals surface area contributed by atoms with Crippen LogP contribution in [-0.4, -0.2) is 24.0 Å². The van der Waals surface area contributed by atoms with Gasteiger partial charge in [-0.3, -0.25) is 0 Å². The van der Waals surface area contributed by atoms with Crippen LogP contribution in [0.2, 0.25) is 0 Å². The summed E-state index contributed by atoms with van der Waals surface area (Å²) in [5.41, 5.74) is 0. The van der Waals surface area contributed by atoms with Gasteiger partial charge in [-0.05, 0) is 45.7 Å². The Morgan fingerprint density at radius 2 is 1.82 bits per heavy atom. The normalized spacial score (nSPS) is 22.9. The maximum atomic E-state index is 2.59. The Hall–Kier alpha value is -0.0400. The molecule has 1 rings (SSSR count). The lowest BCUT2D eigenvalue weighted by Gasteiger charge is -2.34. The fraction of sp³-hybridized carbons (Fsp3) is 1.00. The van der Waals surface area contributed by atoms with E-state index in [2.05, 4.69) is 25.7 Å². The molecule has 66 valence electrons. The third-order valence-electron chi connectivity index (χ3n) is 2.96. The maximum absolute atomic E-state index is 2.59. The van der Waals surface area contributed by atoms with Crippen LogP contribution in [0, 0.1) is 5.92 Å². The molecule has 1 aliphatic rings. The summed E-state index contributed by atoms with van der Waals surface area (Å²) in [7, 11) is 0. The fourth-order valence-electron chi connectivity index (χ4n) is 1.88. The molecule has 0 saturated carbocycles. The molecule has 0 aromatic heterocycles. The highest BCUT2D eigenvalue weighted by molar-refractivity contribution is 4.73. The monoisotopic (exact) mass is 155 g/mol. The van der Waals surface area contributed by atoms with Crippen molar-refractivity contribution in [3.05, 3.63) is 0 Å². The van der Waals surface area contributed by atoms with Crippen molar-refractivity contribution in [3.8, 4) is 0 Å². The van der Waals surface area contributed by atoms with Gasteiger partial charge in [-0.1, -0.05) is 13.3 Å². The van der Waals surface area contributed by atoms with Crippen LogP contribution in [0.15, 0.2) is 0 Å². The smallest absolute Gasteiger partial charge is 0.00385 e. The van der Waals surface area contributed by atoms with Crippen LogP contribution in [-0.2, 0) is 0 Å². The van der Waals surface area contributed by atoms with Crippen molar-refractivity contribution < 1.29 is 0 Å². The Balaban J connectivity index is 2.24. The zero-order valence-corrected chi connectivity index (χ0v) is 8.14. The summed E-state index contributed by atoms with van der Waals surface area (Å²) in [6, 6.07) is 0.757. The van der Waals surface area contributed by atoms with Crippen LogP contribution in [0.4, 0.5) is 0 Å². The minimum Gasteiger partial charge on any atom is -0.301 e. The molecular formula is C10H21N. The average molecular weight is 155 g/mol. The summed E-state index contributed by atoms with van der Waals surface area (Å²) in [5, 5.41) is 0. The summed E-state index contributed by atoms with van der Waals surface area (Å²) < 4.78 is 0. The second-order valence-electron chi connectivity index (χ2n) is 3.98. The van der Waals surface area contributed by atoms with Crippen LogP contribution in [0.5, 0.6) is 0 Å². The lowest BCUT2D eigenvalue weighted by atomic mass is 9.94. The number of nitrogens with zero attached hydrogens (tertiary/aromatic N) is 1. The molecule has 0 atom stereocenters. The molecule has 1 aliphatic heterocycles. The van der Waals surface area contributed by atoms with Crippen molar-refractivity contribution in [2.24, 2.45) is 5.92 Å². The zero-order valence-electron chi connectivity index (χ0n) is 8.14. The van der Waals surface area contributed by atoms with Crippen molar-refractivity contribution in [1.29, 1.82) is 0 Å². The standard InChI is InChI=1S/C10H21N/c1-4-10-5-7-11(8-6-10)9(2)3/h9-10H,4-8H2,1-3H3. The van der Waals surface area contributed by atoms with Gasteiger partial charge in [0, 0.05) is 6.04 Å². The van der Waals surface area contributed by atoms with E-state index < -0.39 is 0 Å². The molecule has 0 radical (unpaired) electrons. The molecule has 0 amide bonds. The van der Waals surface area contributed by atoms with Gasteiger partial charge in [0.1, 0.15) is 0 Å². The lowest BCUT2D eigenvalue weighted by Crippen LogP contribution is -2.38. The number of piperidine rings is 1. The fourth-order valence-corrected chi connectivity index (χ4v) is 1.88. The Kier molecular flexibility index (Phi) is 3.38. The molecule has 1 heterocycles. The van der Waals surface area contributed by atoms with Gasteiger partial charge in [0.15, 0.2) is 0 Å². The van der Waals surface area contributed by atoms with Crippen molar-refractivity contribution in [2.75, 3.05) is 13.1 Å². The van der Waals surface area contributed by atoms with Gasteiger partial charge in [-0.15, -0.1) is 0 Å². The van der Waals surface area contributed by atoms with Crippen molar-refractivity contribution >= 4 is 0 Å². The van der Waals surface area contributed by atoms with Gasteiger partial charge in [-0.25, -0.2) is 0 Å². The summed E-state index contributed by atoms with van der Waals surface area (Å²) in [5.74, 6) is 1.02. The van der Waals surface area contributed by atoms with Crippen LogP contribution < -0.4 is 0 Å². The summed E-state index contributed by atoms with van der Waals surface area (Å²) in [4.78, 5) is 2.59. The first-order valence-corrected chi connectivity index (χ1v) is 4.98. The van der Waals surface area contributed by atoms with E-state index in [1.54, 1.807) is 0 Å². The molecule has 1 nitrogen and oxygen atoms in total. The largest absolute Gasteiger partial charge is 0.301 e. The Morgan fingerprint density at radius 3 is 2.18 bits per heavy atom. The van der Waals surface area contributed by atoms with Gasteiger partial charge in [-0.2, -0.15) is 0 Å². The molecule has 0 aliphatic carbocycles. The molecule has 0 aromatic carbocycles. The maximum Gasteiger partial charge on any atom is 0.00385 e. The quantitative estimate of drug-likeness (QED) is 0.592. The second-order valence-corrected chi connectivity index (χ2v) is 3.98. The Bertz CT molecular complexity index is 101. The van der Waals surface area contributed by atoms with Crippen LogP contribution in [0.1, 0.15) is 40.0 Å². The van der Waals surface area contributed by atoms with Gasteiger partial charge in [0.05, 0.1) is 0 Å². The van der Waals surface area contributed by atoms with E-state index in [1.165, 1.54) is 32.4 Å². The summed E-state index contributed by atoms with van der Waals surface area (Å²) >= 11 is 0. The number of rotatable bonds is 2. The first-order valence-electron chi connectivity index (χ1n) is 4.98. The molecule has 1 heteroatoms. The number of likely N-dealkylation sites (tertiary alicyclic amines) is 1. The van der Waals surface area contributed by atoms with Crippen molar-refractivity contribution in [1.82, 2.24) is 4.90 Å². The van der Waals surface area contributed by atoms with Gasteiger partial charge < -0.3 is 4.90 Å². The molecule has 1 saturated heterocycles. The molecule has 11 heavy (non-hydrogen) atoms. The van der Waals surface area contributed by atoms with E-state index in [-0.39, 0.29) is 0 Å². The highest BCUT2D eigenvalue weighted by Gasteiger charge is 2.18. The third kappa shape index (κ3) is 2.48. The molecule has 0 spiro atoms. The molecule has 0 unspecified atom stereocenters.